The van der Waals surface area contributed by atoms with Crippen LogP contribution in [-0.2, 0) is 0 Å². The van der Waals surface area contributed by atoms with Gasteiger partial charge in [0.1, 0.15) is 5.82 Å². The number of carbonyl (C=O) groups is 1. The monoisotopic (exact) mass is 249 g/mol. The molecule has 0 aliphatic heterocycles. The second-order valence-corrected chi connectivity index (χ2v) is 5.50. The Labute approximate surface area is 108 Å². The number of benzene rings is 1. The van der Waals surface area contributed by atoms with Gasteiger partial charge >= 0.3 is 0 Å². The van der Waals surface area contributed by atoms with E-state index in [4.69, 9.17) is 0 Å². The van der Waals surface area contributed by atoms with E-state index in [1.807, 2.05) is 0 Å². The summed E-state index contributed by atoms with van der Waals surface area (Å²) in [6.45, 7) is 6.73. The number of hydrogen-bond donors (Lipinski definition) is 0. The molecule has 2 rings (SSSR count). The van der Waals surface area contributed by atoms with Gasteiger partial charge in [-0.2, -0.15) is 0 Å². The van der Waals surface area contributed by atoms with Gasteiger partial charge in [-0.05, 0) is 43.9 Å². The number of nitrogens with zero attached hydrogens (tertiary/aromatic N) is 1. The molecule has 0 N–H and O–H groups in total. The van der Waals surface area contributed by atoms with Gasteiger partial charge in [0, 0.05) is 23.8 Å². The molecule has 1 saturated carbocycles. The molecule has 0 radical (unpaired) electrons. The van der Waals surface area contributed by atoms with Gasteiger partial charge in [0.25, 0.3) is 0 Å². The first-order valence-corrected chi connectivity index (χ1v) is 6.56. The lowest BCUT2D eigenvalue weighted by Crippen LogP contribution is -2.31. The van der Waals surface area contributed by atoms with Crippen LogP contribution in [0.3, 0.4) is 0 Å². The molecule has 18 heavy (non-hydrogen) atoms. The van der Waals surface area contributed by atoms with E-state index < -0.39 is 0 Å². The number of carbonyl (C=O) groups excluding carboxylic acids is 1. The maximum atomic E-state index is 13.3. The topological polar surface area (TPSA) is 20.3 Å². The van der Waals surface area contributed by atoms with Gasteiger partial charge < -0.3 is 4.90 Å². The lowest BCUT2D eigenvalue weighted by atomic mass is 10.1. The molecule has 1 aromatic carbocycles. The second kappa shape index (κ2) is 5.09. The van der Waals surface area contributed by atoms with Crippen molar-refractivity contribution in [3.8, 4) is 0 Å². The number of Topliss-reactive ketones (excluding diaryl/α,β-unsaturated/α-hetero) is 1. The summed E-state index contributed by atoms with van der Waals surface area (Å²) < 4.78 is 13.3. The van der Waals surface area contributed by atoms with Crippen LogP contribution >= 0.6 is 0 Å². The Kier molecular flexibility index (Phi) is 3.69. The van der Waals surface area contributed by atoms with Crippen molar-refractivity contribution in [2.75, 3.05) is 11.4 Å². The van der Waals surface area contributed by atoms with Crippen LogP contribution in [0.2, 0.25) is 0 Å². The largest absolute Gasteiger partial charge is 0.368 e. The highest BCUT2D eigenvalue weighted by Crippen LogP contribution is 2.34. The fourth-order valence-electron chi connectivity index (χ4n) is 2.26. The van der Waals surface area contributed by atoms with Crippen molar-refractivity contribution in [2.45, 2.75) is 39.7 Å². The van der Waals surface area contributed by atoms with Crippen LogP contribution < -0.4 is 4.90 Å². The Morgan fingerprint density at radius 1 is 1.44 bits per heavy atom. The zero-order valence-electron chi connectivity index (χ0n) is 11.2. The molecule has 1 aromatic rings. The average molecular weight is 249 g/mol. The molecule has 0 spiro atoms. The van der Waals surface area contributed by atoms with Crippen molar-refractivity contribution in [1.82, 2.24) is 0 Å². The van der Waals surface area contributed by atoms with Crippen molar-refractivity contribution in [3.63, 3.8) is 0 Å². The smallest absolute Gasteiger partial charge is 0.161 e. The normalized spacial score (nSPS) is 14.9. The fourth-order valence-corrected chi connectivity index (χ4v) is 2.26. The highest BCUT2D eigenvalue weighted by molar-refractivity contribution is 5.99. The molecule has 0 amide bonds. The van der Waals surface area contributed by atoms with Crippen LogP contribution in [0, 0.1) is 11.7 Å². The fraction of sp³-hybridized carbons (Fsp3) is 0.533. The second-order valence-electron chi connectivity index (χ2n) is 5.50. The number of rotatable bonds is 5. The molecular weight excluding hydrogens is 229 g/mol. The third-order valence-electron chi connectivity index (χ3n) is 3.20. The zero-order valence-corrected chi connectivity index (χ0v) is 11.2. The van der Waals surface area contributed by atoms with Gasteiger partial charge in [0.2, 0.25) is 0 Å². The molecule has 3 heteroatoms. The summed E-state index contributed by atoms with van der Waals surface area (Å²) in [6, 6.07) is 5.06. The molecule has 0 aromatic heterocycles. The molecule has 0 bridgehead atoms. The van der Waals surface area contributed by atoms with Gasteiger partial charge in [0.15, 0.2) is 5.78 Å². The van der Waals surface area contributed by atoms with E-state index in [9.17, 15) is 9.18 Å². The maximum Gasteiger partial charge on any atom is 0.161 e. The minimum atomic E-state index is -0.343. The Bertz CT molecular complexity index is 452. The van der Waals surface area contributed by atoms with Gasteiger partial charge in [0.05, 0.1) is 0 Å². The van der Waals surface area contributed by atoms with Gasteiger partial charge in [-0.1, -0.05) is 13.8 Å². The third-order valence-corrected chi connectivity index (χ3v) is 3.20. The highest BCUT2D eigenvalue weighted by Gasteiger charge is 2.31. The van der Waals surface area contributed by atoms with E-state index in [-0.39, 0.29) is 11.6 Å². The molecule has 0 saturated heterocycles. The zero-order chi connectivity index (χ0) is 13.3. The third kappa shape index (κ3) is 2.89. The molecule has 0 atom stereocenters. The quantitative estimate of drug-likeness (QED) is 0.742. The van der Waals surface area contributed by atoms with Crippen molar-refractivity contribution in [2.24, 2.45) is 5.92 Å². The van der Waals surface area contributed by atoms with Crippen molar-refractivity contribution < 1.29 is 9.18 Å². The first-order chi connectivity index (χ1) is 8.49. The van der Waals surface area contributed by atoms with E-state index in [1.165, 1.54) is 31.9 Å². The van der Waals surface area contributed by atoms with E-state index in [1.54, 1.807) is 6.07 Å². The van der Waals surface area contributed by atoms with E-state index in [0.717, 1.165) is 12.2 Å². The first kappa shape index (κ1) is 13.1. The van der Waals surface area contributed by atoms with Crippen LogP contribution in [0.15, 0.2) is 18.2 Å². The SMILES string of the molecule is CC(=O)c1cc(F)ccc1N(CC(C)C)C1CC1. The summed E-state index contributed by atoms with van der Waals surface area (Å²) in [6.07, 6.45) is 2.34. The number of ketones is 1. The maximum absolute atomic E-state index is 13.3. The first-order valence-electron chi connectivity index (χ1n) is 6.56. The van der Waals surface area contributed by atoms with E-state index in [0.29, 0.717) is 17.5 Å². The summed E-state index contributed by atoms with van der Waals surface area (Å²) in [5.74, 6) is 0.110. The Morgan fingerprint density at radius 3 is 2.61 bits per heavy atom. The molecule has 1 fully saturated rings. The van der Waals surface area contributed by atoms with Crippen LogP contribution in [0.4, 0.5) is 10.1 Å². The predicted octanol–water partition coefficient (Wildman–Crippen LogP) is 3.65. The van der Waals surface area contributed by atoms with Crippen LogP contribution in [0.25, 0.3) is 0 Å². The minimum absolute atomic E-state index is 0.0705. The van der Waals surface area contributed by atoms with Crippen LogP contribution in [0.5, 0.6) is 0 Å². The van der Waals surface area contributed by atoms with Gasteiger partial charge in [-0.3, -0.25) is 4.79 Å². The number of hydrogen-bond acceptors (Lipinski definition) is 2. The molecule has 0 heterocycles. The predicted molar refractivity (Wildman–Crippen MR) is 71.6 cm³/mol. The summed E-state index contributed by atoms with van der Waals surface area (Å²) >= 11 is 0. The average Bonchev–Trinajstić information content (AvgIpc) is 3.09. The highest BCUT2D eigenvalue weighted by atomic mass is 19.1. The Balaban J connectivity index is 2.37. The van der Waals surface area contributed by atoms with Crippen molar-refractivity contribution in [3.05, 3.63) is 29.6 Å². The summed E-state index contributed by atoms with van der Waals surface area (Å²) in [4.78, 5) is 13.9. The van der Waals surface area contributed by atoms with Gasteiger partial charge in [-0.25, -0.2) is 4.39 Å². The Morgan fingerprint density at radius 2 is 2.11 bits per heavy atom. The standard InChI is InChI=1S/C15H20FNO/c1-10(2)9-17(13-5-6-13)15-7-4-12(16)8-14(15)11(3)18/h4,7-8,10,13H,5-6,9H2,1-3H3. The molecule has 2 nitrogen and oxygen atoms in total. The lowest BCUT2D eigenvalue weighted by molar-refractivity contribution is 0.101. The molecule has 0 unspecified atom stereocenters. The van der Waals surface area contributed by atoms with E-state index in [2.05, 4.69) is 18.7 Å². The molecular formula is C15H20FNO. The molecule has 98 valence electrons. The van der Waals surface area contributed by atoms with E-state index >= 15 is 0 Å². The van der Waals surface area contributed by atoms with Gasteiger partial charge in [-0.15, -0.1) is 0 Å². The van der Waals surface area contributed by atoms with Crippen molar-refractivity contribution >= 4 is 11.5 Å². The van der Waals surface area contributed by atoms with Crippen molar-refractivity contribution in [1.29, 1.82) is 0 Å². The van der Waals surface area contributed by atoms with Crippen LogP contribution in [0.1, 0.15) is 44.0 Å². The molecule has 1 aliphatic carbocycles. The minimum Gasteiger partial charge on any atom is -0.368 e. The summed E-state index contributed by atoms with van der Waals surface area (Å²) in [7, 11) is 0. The summed E-state index contributed by atoms with van der Waals surface area (Å²) in [5, 5.41) is 0. The number of anilines is 1. The summed E-state index contributed by atoms with van der Waals surface area (Å²) in [5.41, 5.74) is 1.39. The Hall–Kier alpha value is -1.38. The van der Waals surface area contributed by atoms with Crippen LogP contribution in [-0.4, -0.2) is 18.4 Å². The lowest BCUT2D eigenvalue weighted by Gasteiger charge is -2.28. The molecule has 1 aliphatic rings. The number of halogens is 1.